The van der Waals surface area contributed by atoms with Crippen LogP contribution in [0.15, 0.2) is 48.7 Å². The Morgan fingerprint density at radius 1 is 1.07 bits per heavy atom. The minimum atomic E-state index is -0.250. The highest BCUT2D eigenvalue weighted by Crippen LogP contribution is 2.36. The molecule has 1 aliphatic heterocycles. The first-order valence-corrected chi connectivity index (χ1v) is 9.67. The molecule has 1 amide bonds. The third-order valence-corrected chi connectivity index (χ3v) is 5.02. The SMILES string of the molecule is O=C(c1cccn1C1CC1)N1CCN(CCOc2ccccc2)CC1.O=CO. The summed E-state index contributed by atoms with van der Waals surface area (Å²) < 4.78 is 7.92. The summed E-state index contributed by atoms with van der Waals surface area (Å²) in [6.45, 7) is 4.74. The summed E-state index contributed by atoms with van der Waals surface area (Å²) in [5.41, 5.74) is 0.850. The summed E-state index contributed by atoms with van der Waals surface area (Å²) in [5.74, 6) is 1.09. The van der Waals surface area contributed by atoms with E-state index in [1.54, 1.807) is 0 Å². The molecule has 28 heavy (non-hydrogen) atoms. The Bertz CT molecular complexity index is 750. The van der Waals surface area contributed by atoms with E-state index in [1.807, 2.05) is 53.6 Å². The number of ether oxygens (including phenoxy) is 1. The van der Waals surface area contributed by atoms with Crippen molar-refractivity contribution in [2.75, 3.05) is 39.3 Å². The van der Waals surface area contributed by atoms with E-state index in [0.29, 0.717) is 12.6 Å². The molecular formula is C21H27N3O4. The number of carbonyl (C=O) groups excluding carboxylic acids is 1. The van der Waals surface area contributed by atoms with Gasteiger partial charge in [-0.3, -0.25) is 14.5 Å². The van der Waals surface area contributed by atoms with Gasteiger partial charge in [-0.15, -0.1) is 0 Å². The van der Waals surface area contributed by atoms with Gasteiger partial charge in [0.1, 0.15) is 18.1 Å². The molecule has 1 N–H and O–H groups in total. The highest BCUT2D eigenvalue weighted by atomic mass is 16.5. The van der Waals surface area contributed by atoms with Crippen LogP contribution in [-0.2, 0) is 4.79 Å². The maximum Gasteiger partial charge on any atom is 0.290 e. The summed E-state index contributed by atoms with van der Waals surface area (Å²) in [7, 11) is 0. The van der Waals surface area contributed by atoms with Crippen LogP contribution < -0.4 is 4.74 Å². The Labute approximate surface area is 165 Å². The molecule has 2 heterocycles. The lowest BCUT2D eigenvalue weighted by Crippen LogP contribution is -2.49. The Morgan fingerprint density at radius 2 is 1.75 bits per heavy atom. The van der Waals surface area contributed by atoms with Gasteiger partial charge in [-0.1, -0.05) is 18.2 Å². The van der Waals surface area contributed by atoms with Crippen molar-refractivity contribution < 1.29 is 19.4 Å². The number of piperazine rings is 1. The number of aromatic nitrogens is 1. The number of hydrogen-bond donors (Lipinski definition) is 1. The van der Waals surface area contributed by atoms with Crippen molar-refractivity contribution in [3.63, 3.8) is 0 Å². The highest BCUT2D eigenvalue weighted by molar-refractivity contribution is 5.93. The van der Waals surface area contributed by atoms with E-state index in [2.05, 4.69) is 9.47 Å². The molecule has 0 unspecified atom stereocenters. The zero-order chi connectivity index (χ0) is 19.8. The zero-order valence-corrected chi connectivity index (χ0v) is 15.9. The average molecular weight is 385 g/mol. The number of nitrogens with zero attached hydrogens (tertiary/aromatic N) is 3. The normalized spacial score (nSPS) is 16.8. The molecule has 1 aliphatic carbocycles. The van der Waals surface area contributed by atoms with Gasteiger partial charge in [-0.25, -0.2) is 0 Å². The van der Waals surface area contributed by atoms with Gasteiger partial charge in [-0.05, 0) is 37.1 Å². The van der Waals surface area contributed by atoms with Crippen LogP contribution in [0.5, 0.6) is 5.75 Å². The fourth-order valence-electron chi connectivity index (χ4n) is 3.39. The lowest BCUT2D eigenvalue weighted by molar-refractivity contribution is -0.122. The average Bonchev–Trinajstić information content (AvgIpc) is 3.46. The molecule has 0 radical (unpaired) electrons. The van der Waals surface area contributed by atoms with Gasteiger partial charge in [0, 0.05) is 45.0 Å². The van der Waals surface area contributed by atoms with Crippen LogP contribution in [0.3, 0.4) is 0 Å². The summed E-state index contributed by atoms with van der Waals surface area (Å²) >= 11 is 0. The topological polar surface area (TPSA) is 75.0 Å². The van der Waals surface area contributed by atoms with E-state index in [4.69, 9.17) is 14.6 Å². The quantitative estimate of drug-likeness (QED) is 0.773. The summed E-state index contributed by atoms with van der Waals surface area (Å²) in [4.78, 5) is 25.5. The number of carbonyl (C=O) groups is 2. The molecule has 0 bridgehead atoms. The van der Waals surface area contributed by atoms with Crippen LogP contribution in [0.25, 0.3) is 0 Å². The molecule has 0 atom stereocenters. The number of hydrogen-bond acceptors (Lipinski definition) is 4. The van der Waals surface area contributed by atoms with Gasteiger partial charge in [-0.2, -0.15) is 0 Å². The van der Waals surface area contributed by atoms with Gasteiger partial charge in [0.2, 0.25) is 0 Å². The molecule has 4 rings (SSSR count). The molecule has 2 aliphatic rings. The van der Waals surface area contributed by atoms with E-state index in [-0.39, 0.29) is 12.4 Å². The van der Waals surface area contributed by atoms with E-state index in [0.717, 1.165) is 44.2 Å². The summed E-state index contributed by atoms with van der Waals surface area (Å²) in [6, 6.07) is 14.4. The Balaban J connectivity index is 0.000000706. The molecule has 0 spiro atoms. The van der Waals surface area contributed by atoms with Crippen molar-refractivity contribution in [1.29, 1.82) is 0 Å². The molecule has 1 saturated heterocycles. The van der Waals surface area contributed by atoms with Crippen LogP contribution in [0.4, 0.5) is 0 Å². The molecule has 1 aromatic carbocycles. The summed E-state index contributed by atoms with van der Waals surface area (Å²) in [5, 5.41) is 6.89. The van der Waals surface area contributed by atoms with Crippen molar-refractivity contribution >= 4 is 12.4 Å². The molecule has 7 heteroatoms. The first kappa shape index (κ1) is 19.9. The van der Waals surface area contributed by atoms with E-state index < -0.39 is 0 Å². The second-order valence-corrected chi connectivity index (χ2v) is 6.93. The Hall–Kier alpha value is -2.80. The minimum absolute atomic E-state index is 0.178. The molecule has 1 saturated carbocycles. The molecule has 1 aromatic heterocycles. The largest absolute Gasteiger partial charge is 0.492 e. The molecule has 2 fully saturated rings. The number of amides is 1. The standard InChI is InChI=1S/C20H25N3O2.CH2O2/c24-20(19-7-4-10-23(19)17-8-9-17)22-13-11-21(12-14-22)15-16-25-18-5-2-1-3-6-18;2-1-3/h1-7,10,17H,8-9,11-16H2;1H,(H,2,3). The zero-order valence-electron chi connectivity index (χ0n) is 15.9. The van der Waals surface area contributed by atoms with Crippen LogP contribution >= 0.6 is 0 Å². The summed E-state index contributed by atoms with van der Waals surface area (Å²) in [6.07, 6.45) is 4.44. The van der Waals surface area contributed by atoms with Crippen LogP contribution in [0, 0.1) is 0 Å². The maximum absolute atomic E-state index is 12.8. The molecule has 2 aromatic rings. The van der Waals surface area contributed by atoms with Crippen molar-refractivity contribution in [3.05, 3.63) is 54.4 Å². The van der Waals surface area contributed by atoms with Crippen LogP contribution in [0.1, 0.15) is 29.4 Å². The third kappa shape index (κ3) is 5.36. The number of para-hydroxylation sites is 1. The van der Waals surface area contributed by atoms with Crippen molar-refractivity contribution in [2.45, 2.75) is 18.9 Å². The van der Waals surface area contributed by atoms with Gasteiger partial charge in [0.05, 0.1) is 0 Å². The van der Waals surface area contributed by atoms with Gasteiger partial charge >= 0.3 is 0 Å². The third-order valence-electron chi connectivity index (χ3n) is 5.02. The second kappa shape index (κ2) is 9.94. The van der Waals surface area contributed by atoms with Gasteiger partial charge in [0.15, 0.2) is 0 Å². The second-order valence-electron chi connectivity index (χ2n) is 6.93. The van der Waals surface area contributed by atoms with Crippen LogP contribution in [-0.4, -0.2) is 71.2 Å². The van der Waals surface area contributed by atoms with E-state index in [9.17, 15) is 4.79 Å². The number of carboxylic acid groups (broad SMARTS) is 1. The maximum atomic E-state index is 12.8. The highest BCUT2D eigenvalue weighted by Gasteiger charge is 2.29. The minimum Gasteiger partial charge on any atom is -0.492 e. The predicted octanol–water partition coefficient (Wildman–Crippen LogP) is 2.36. The van der Waals surface area contributed by atoms with E-state index >= 15 is 0 Å². The number of benzene rings is 1. The van der Waals surface area contributed by atoms with Crippen molar-refractivity contribution in [2.24, 2.45) is 0 Å². The monoisotopic (exact) mass is 385 g/mol. The first-order chi connectivity index (χ1) is 13.7. The predicted molar refractivity (Wildman–Crippen MR) is 106 cm³/mol. The van der Waals surface area contributed by atoms with Crippen LogP contribution in [0.2, 0.25) is 0 Å². The van der Waals surface area contributed by atoms with E-state index in [1.165, 1.54) is 12.8 Å². The smallest absolute Gasteiger partial charge is 0.290 e. The fourth-order valence-corrected chi connectivity index (χ4v) is 3.39. The fraction of sp³-hybridized carbons (Fsp3) is 0.429. The first-order valence-electron chi connectivity index (χ1n) is 9.67. The van der Waals surface area contributed by atoms with Crippen molar-refractivity contribution in [1.82, 2.24) is 14.4 Å². The van der Waals surface area contributed by atoms with Gasteiger partial charge in [0.25, 0.3) is 12.4 Å². The molecule has 7 nitrogen and oxygen atoms in total. The van der Waals surface area contributed by atoms with Gasteiger partial charge < -0.3 is 19.3 Å². The Kier molecular flexibility index (Phi) is 7.08. The Morgan fingerprint density at radius 3 is 2.39 bits per heavy atom. The lowest BCUT2D eigenvalue weighted by Gasteiger charge is -2.34. The molecular weight excluding hydrogens is 358 g/mol. The molecule has 150 valence electrons. The van der Waals surface area contributed by atoms with Crippen molar-refractivity contribution in [3.8, 4) is 5.75 Å². The number of rotatable bonds is 6. The lowest BCUT2D eigenvalue weighted by atomic mass is 10.2.